The Hall–Kier alpha value is -0.880. The molecule has 0 spiro atoms. The minimum Gasteiger partial charge on any atom is -0.481 e. The lowest BCUT2D eigenvalue weighted by atomic mass is 10.1. The van der Waals surface area contributed by atoms with Crippen LogP contribution in [0.5, 0.6) is 0 Å². The van der Waals surface area contributed by atoms with Crippen LogP contribution < -0.4 is 0 Å². The van der Waals surface area contributed by atoms with Crippen molar-refractivity contribution in [3.05, 3.63) is 20.8 Å². The molecule has 4 nitrogen and oxygen atoms in total. The fourth-order valence-electron chi connectivity index (χ4n) is 1.92. The van der Waals surface area contributed by atoms with E-state index in [0.29, 0.717) is 12.5 Å². The standard InChI is InChI=1S/C14H20BrNO3S/c1-9(2)8-16(7-6-13(17)18)14(19)10(3)11-4-5-12(15)20-11/h4-5,9-10H,6-8H2,1-3H3,(H,17,18). The van der Waals surface area contributed by atoms with Gasteiger partial charge in [-0.1, -0.05) is 13.8 Å². The van der Waals surface area contributed by atoms with Gasteiger partial charge in [-0.15, -0.1) is 11.3 Å². The first-order chi connectivity index (χ1) is 9.31. The highest BCUT2D eigenvalue weighted by molar-refractivity contribution is 9.11. The Morgan fingerprint density at radius 2 is 2.00 bits per heavy atom. The zero-order chi connectivity index (χ0) is 15.3. The number of carbonyl (C=O) groups is 2. The van der Waals surface area contributed by atoms with Gasteiger partial charge in [-0.2, -0.15) is 0 Å². The number of aliphatic carboxylic acids is 1. The summed E-state index contributed by atoms with van der Waals surface area (Å²) >= 11 is 4.93. The second-order valence-electron chi connectivity index (χ2n) is 5.19. The number of carbonyl (C=O) groups excluding carboxylic acids is 1. The summed E-state index contributed by atoms with van der Waals surface area (Å²) in [7, 11) is 0. The molecule has 1 heterocycles. The first kappa shape index (κ1) is 17.2. The van der Waals surface area contributed by atoms with Crippen LogP contribution in [-0.4, -0.2) is 35.0 Å². The van der Waals surface area contributed by atoms with Gasteiger partial charge in [0.2, 0.25) is 5.91 Å². The molecule has 0 fully saturated rings. The van der Waals surface area contributed by atoms with Crippen molar-refractivity contribution < 1.29 is 14.7 Å². The van der Waals surface area contributed by atoms with Gasteiger partial charge < -0.3 is 10.0 Å². The molecular formula is C14H20BrNO3S. The largest absolute Gasteiger partial charge is 0.481 e. The minimum atomic E-state index is -0.877. The fraction of sp³-hybridized carbons (Fsp3) is 0.571. The smallest absolute Gasteiger partial charge is 0.305 e. The van der Waals surface area contributed by atoms with E-state index in [1.165, 1.54) is 11.3 Å². The second kappa shape index (κ2) is 7.78. The summed E-state index contributed by atoms with van der Waals surface area (Å²) < 4.78 is 0.994. The number of thiophene rings is 1. The van der Waals surface area contributed by atoms with E-state index in [2.05, 4.69) is 15.9 Å². The monoisotopic (exact) mass is 361 g/mol. The lowest BCUT2D eigenvalue weighted by Gasteiger charge is -2.26. The van der Waals surface area contributed by atoms with E-state index in [9.17, 15) is 9.59 Å². The highest BCUT2D eigenvalue weighted by Crippen LogP contribution is 2.29. The molecule has 0 saturated carbocycles. The number of hydrogen-bond acceptors (Lipinski definition) is 3. The molecule has 0 aliphatic rings. The van der Waals surface area contributed by atoms with Gasteiger partial charge in [0.15, 0.2) is 0 Å². The average molecular weight is 362 g/mol. The first-order valence-corrected chi connectivity index (χ1v) is 8.18. The molecule has 1 amide bonds. The predicted octanol–water partition coefficient (Wildman–Crippen LogP) is 3.57. The van der Waals surface area contributed by atoms with Crippen LogP contribution >= 0.6 is 27.3 Å². The van der Waals surface area contributed by atoms with Gasteiger partial charge in [0.1, 0.15) is 0 Å². The van der Waals surface area contributed by atoms with E-state index < -0.39 is 5.97 Å². The van der Waals surface area contributed by atoms with Crippen molar-refractivity contribution in [2.75, 3.05) is 13.1 Å². The molecule has 112 valence electrons. The van der Waals surface area contributed by atoms with E-state index in [0.717, 1.165) is 8.66 Å². The van der Waals surface area contributed by atoms with Crippen LogP contribution in [0.4, 0.5) is 0 Å². The third kappa shape index (κ3) is 5.25. The summed E-state index contributed by atoms with van der Waals surface area (Å²) in [5.41, 5.74) is 0. The zero-order valence-corrected chi connectivity index (χ0v) is 14.3. The molecule has 0 aliphatic heterocycles. The van der Waals surface area contributed by atoms with E-state index >= 15 is 0 Å². The van der Waals surface area contributed by atoms with Gasteiger partial charge in [-0.3, -0.25) is 9.59 Å². The number of halogens is 1. The highest BCUT2D eigenvalue weighted by atomic mass is 79.9. The van der Waals surface area contributed by atoms with E-state index in [-0.39, 0.29) is 24.8 Å². The van der Waals surface area contributed by atoms with E-state index in [1.54, 1.807) is 4.90 Å². The van der Waals surface area contributed by atoms with E-state index in [1.807, 2.05) is 32.9 Å². The predicted molar refractivity (Wildman–Crippen MR) is 84.1 cm³/mol. The molecule has 1 rings (SSSR count). The topological polar surface area (TPSA) is 57.6 Å². The molecule has 20 heavy (non-hydrogen) atoms. The molecule has 1 aromatic heterocycles. The molecule has 1 N–H and O–H groups in total. The van der Waals surface area contributed by atoms with Crippen LogP contribution in [0, 0.1) is 5.92 Å². The van der Waals surface area contributed by atoms with Crippen LogP contribution in [0.2, 0.25) is 0 Å². The summed E-state index contributed by atoms with van der Waals surface area (Å²) in [6.07, 6.45) is -0.0146. The number of carboxylic acids is 1. The molecule has 6 heteroatoms. The van der Waals surface area contributed by atoms with Crippen molar-refractivity contribution >= 4 is 39.1 Å². The number of hydrogen-bond donors (Lipinski definition) is 1. The molecule has 0 aromatic carbocycles. The molecule has 0 bridgehead atoms. The highest BCUT2D eigenvalue weighted by Gasteiger charge is 2.24. The maximum Gasteiger partial charge on any atom is 0.305 e. The third-order valence-electron chi connectivity index (χ3n) is 2.88. The van der Waals surface area contributed by atoms with Crippen molar-refractivity contribution in [1.82, 2.24) is 4.90 Å². The molecule has 1 atom stereocenters. The molecule has 0 aliphatic carbocycles. The maximum atomic E-state index is 12.5. The Morgan fingerprint density at radius 1 is 1.35 bits per heavy atom. The fourth-order valence-corrected chi connectivity index (χ4v) is 3.39. The number of nitrogens with zero attached hydrogens (tertiary/aromatic N) is 1. The van der Waals surface area contributed by atoms with Crippen LogP contribution in [-0.2, 0) is 9.59 Å². The Labute approximate surface area is 131 Å². The first-order valence-electron chi connectivity index (χ1n) is 6.57. The van der Waals surface area contributed by atoms with Crippen LogP contribution in [0.25, 0.3) is 0 Å². The SMILES string of the molecule is CC(C)CN(CCC(=O)O)C(=O)C(C)c1ccc(Br)s1. The zero-order valence-electron chi connectivity index (χ0n) is 11.9. The van der Waals surface area contributed by atoms with Crippen molar-refractivity contribution in [2.45, 2.75) is 33.1 Å². The Morgan fingerprint density at radius 3 is 2.45 bits per heavy atom. The number of amides is 1. The Bertz CT molecular complexity index is 473. The second-order valence-corrected chi connectivity index (χ2v) is 7.68. The van der Waals surface area contributed by atoms with Crippen LogP contribution in [0.1, 0.15) is 38.0 Å². The summed E-state index contributed by atoms with van der Waals surface area (Å²) in [6.45, 7) is 6.77. The summed E-state index contributed by atoms with van der Waals surface area (Å²) in [6, 6.07) is 3.86. The lowest BCUT2D eigenvalue weighted by Crippen LogP contribution is -2.38. The third-order valence-corrected chi connectivity index (χ3v) is 4.69. The molecule has 1 aromatic rings. The van der Waals surface area contributed by atoms with Crippen molar-refractivity contribution in [2.24, 2.45) is 5.92 Å². The van der Waals surface area contributed by atoms with Crippen molar-refractivity contribution in [3.63, 3.8) is 0 Å². The van der Waals surface area contributed by atoms with Gasteiger partial charge in [0, 0.05) is 18.0 Å². The van der Waals surface area contributed by atoms with E-state index in [4.69, 9.17) is 5.11 Å². The molecule has 0 radical (unpaired) electrons. The van der Waals surface area contributed by atoms with Crippen LogP contribution in [0.3, 0.4) is 0 Å². The molecule has 0 saturated heterocycles. The maximum absolute atomic E-state index is 12.5. The minimum absolute atomic E-state index is 0.00528. The average Bonchev–Trinajstić information content (AvgIpc) is 2.78. The van der Waals surface area contributed by atoms with Gasteiger partial charge in [0.05, 0.1) is 16.1 Å². The molecule has 1 unspecified atom stereocenters. The van der Waals surface area contributed by atoms with Gasteiger partial charge >= 0.3 is 5.97 Å². The Balaban J connectivity index is 2.77. The quantitative estimate of drug-likeness (QED) is 0.807. The number of rotatable bonds is 7. The summed E-state index contributed by atoms with van der Waals surface area (Å²) in [4.78, 5) is 25.9. The number of carboxylic acid groups (broad SMARTS) is 1. The van der Waals surface area contributed by atoms with Crippen LogP contribution in [0.15, 0.2) is 15.9 Å². The molecular weight excluding hydrogens is 342 g/mol. The van der Waals surface area contributed by atoms with Gasteiger partial charge in [0.25, 0.3) is 0 Å². The van der Waals surface area contributed by atoms with Crippen molar-refractivity contribution in [3.8, 4) is 0 Å². The summed E-state index contributed by atoms with van der Waals surface area (Å²) in [5, 5.41) is 8.80. The summed E-state index contributed by atoms with van der Waals surface area (Å²) in [5.74, 6) is -0.804. The van der Waals surface area contributed by atoms with Gasteiger partial charge in [-0.05, 0) is 40.9 Å². The van der Waals surface area contributed by atoms with Gasteiger partial charge in [-0.25, -0.2) is 0 Å². The normalized spacial score (nSPS) is 12.4. The van der Waals surface area contributed by atoms with Crippen molar-refractivity contribution in [1.29, 1.82) is 0 Å². The Kier molecular flexibility index (Phi) is 6.68. The lowest BCUT2D eigenvalue weighted by molar-refractivity contribution is -0.139.